The lowest BCUT2D eigenvalue weighted by molar-refractivity contribution is -0.142. The molecule has 2 N–H and O–H groups in total. The second-order valence-corrected chi connectivity index (χ2v) is 5.29. The number of carbonyl (C=O) groups is 1. The van der Waals surface area contributed by atoms with Gasteiger partial charge in [-0.3, -0.25) is 9.36 Å². The number of hydrogen-bond acceptors (Lipinski definition) is 3. The van der Waals surface area contributed by atoms with Crippen LogP contribution in [0.1, 0.15) is 33.6 Å². The number of ether oxygens (including phenoxy) is 1. The lowest BCUT2D eigenvalue weighted by Crippen LogP contribution is -2.34. The standard InChI is InChI=1S/C8H17O5P/c1-4-8(5-2,14(10,11)12)6-13-7(3)9/h4-6H2,1-3H3,(H2,10,11,12). The zero-order valence-corrected chi connectivity index (χ0v) is 9.58. The highest BCUT2D eigenvalue weighted by molar-refractivity contribution is 7.53. The zero-order chi connectivity index (χ0) is 11.4. The summed E-state index contributed by atoms with van der Waals surface area (Å²) < 4.78 is 15.9. The van der Waals surface area contributed by atoms with Crippen molar-refractivity contribution in [2.75, 3.05) is 6.61 Å². The van der Waals surface area contributed by atoms with Gasteiger partial charge in [0.05, 0.1) is 0 Å². The van der Waals surface area contributed by atoms with Crippen molar-refractivity contribution in [3.63, 3.8) is 0 Å². The van der Waals surface area contributed by atoms with Gasteiger partial charge in [-0.25, -0.2) is 0 Å². The van der Waals surface area contributed by atoms with E-state index in [-0.39, 0.29) is 19.4 Å². The summed E-state index contributed by atoms with van der Waals surface area (Å²) in [4.78, 5) is 28.9. The van der Waals surface area contributed by atoms with Gasteiger partial charge in [-0.05, 0) is 12.8 Å². The summed E-state index contributed by atoms with van der Waals surface area (Å²) in [5.74, 6) is -0.523. The van der Waals surface area contributed by atoms with E-state index in [0.717, 1.165) is 0 Å². The summed E-state index contributed by atoms with van der Waals surface area (Å²) in [6.07, 6.45) is 0.558. The first kappa shape index (κ1) is 13.6. The minimum absolute atomic E-state index is 0.223. The van der Waals surface area contributed by atoms with E-state index in [2.05, 4.69) is 4.74 Å². The second-order valence-electron chi connectivity index (χ2n) is 3.26. The fourth-order valence-electron chi connectivity index (χ4n) is 1.19. The average molecular weight is 224 g/mol. The zero-order valence-electron chi connectivity index (χ0n) is 8.69. The van der Waals surface area contributed by atoms with Gasteiger partial charge in [0, 0.05) is 6.92 Å². The lowest BCUT2D eigenvalue weighted by atomic mass is 10.0. The Balaban J connectivity index is 4.72. The van der Waals surface area contributed by atoms with Gasteiger partial charge in [0.2, 0.25) is 0 Å². The predicted octanol–water partition coefficient (Wildman–Crippen LogP) is 1.29. The summed E-state index contributed by atoms with van der Waals surface area (Å²) in [7, 11) is -4.24. The van der Waals surface area contributed by atoms with E-state index >= 15 is 0 Å². The van der Waals surface area contributed by atoms with Crippen molar-refractivity contribution in [2.45, 2.75) is 38.8 Å². The third kappa shape index (κ3) is 3.08. The average Bonchev–Trinajstić information content (AvgIpc) is 2.04. The predicted molar refractivity (Wildman–Crippen MR) is 52.0 cm³/mol. The fourth-order valence-corrected chi connectivity index (χ4v) is 2.24. The molecule has 0 aromatic rings. The van der Waals surface area contributed by atoms with Gasteiger partial charge in [-0.2, -0.15) is 0 Å². The number of carbonyl (C=O) groups excluding carboxylic acids is 1. The smallest absolute Gasteiger partial charge is 0.335 e. The van der Waals surface area contributed by atoms with Crippen LogP contribution in [0.4, 0.5) is 0 Å². The molecule has 0 fully saturated rings. The maximum absolute atomic E-state index is 11.2. The Morgan fingerprint density at radius 1 is 1.36 bits per heavy atom. The first-order chi connectivity index (χ1) is 6.29. The third-order valence-corrected chi connectivity index (χ3v) is 4.48. The van der Waals surface area contributed by atoms with Crippen LogP contribution in [0.25, 0.3) is 0 Å². The largest absolute Gasteiger partial charge is 0.465 e. The minimum atomic E-state index is -4.24. The van der Waals surface area contributed by atoms with Crippen molar-refractivity contribution in [2.24, 2.45) is 0 Å². The molecule has 0 aliphatic heterocycles. The summed E-state index contributed by atoms with van der Waals surface area (Å²) in [6, 6.07) is 0. The molecular weight excluding hydrogens is 207 g/mol. The van der Waals surface area contributed by atoms with Crippen LogP contribution in [0.5, 0.6) is 0 Å². The molecule has 0 atom stereocenters. The van der Waals surface area contributed by atoms with Crippen LogP contribution in [0.2, 0.25) is 0 Å². The molecule has 0 saturated carbocycles. The van der Waals surface area contributed by atoms with Gasteiger partial charge in [0.15, 0.2) is 0 Å². The summed E-state index contributed by atoms with van der Waals surface area (Å²) in [5, 5.41) is -1.22. The van der Waals surface area contributed by atoms with E-state index in [1.807, 2.05) is 0 Å². The van der Waals surface area contributed by atoms with Gasteiger partial charge >= 0.3 is 13.6 Å². The Hall–Kier alpha value is -0.380. The quantitative estimate of drug-likeness (QED) is 0.543. The topological polar surface area (TPSA) is 83.8 Å². The molecule has 84 valence electrons. The molecule has 0 saturated heterocycles. The summed E-state index contributed by atoms with van der Waals surface area (Å²) >= 11 is 0. The van der Waals surface area contributed by atoms with Crippen molar-refractivity contribution in [3.05, 3.63) is 0 Å². The molecular formula is C8H17O5P. The van der Waals surface area contributed by atoms with Gasteiger partial charge in [-0.15, -0.1) is 0 Å². The molecule has 0 aliphatic carbocycles. The van der Waals surface area contributed by atoms with Crippen LogP contribution in [-0.2, 0) is 14.1 Å². The van der Waals surface area contributed by atoms with Crippen LogP contribution < -0.4 is 0 Å². The number of rotatable bonds is 5. The molecule has 0 aromatic heterocycles. The molecule has 0 spiro atoms. The van der Waals surface area contributed by atoms with Gasteiger partial charge in [0.1, 0.15) is 11.8 Å². The highest BCUT2D eigenvalue weighted by Gasteiger charge is 2.44. The monoisotopic (exact) mass is 224 g/mol. The molecule has 0 bridgehead atoms. The fraction of sp³-hybridized carbons (Fsp3) is 0.875. The first-order valence-electron chi connectivity index (χ1n) is 4.48. The Kier molecular flexibility index (Phi) is 4.78. The van der Waals surface area contributed by atoms with Gasteiger partial charge in [-0.1, -0.05) is 13.8 Å². The first-order valence-corrected chi connectivity index (χ1v) is 6.09. The van der Waals surface area contributed by atoms with Crippen LogP contribution in [0.15, 0.2) is 0 Å². The van der Waals surface area contributed by atoms with E-state index < -0.39 is 18.7 Å². The minimum Gasteiger partial charge on any atom is -0.465 e. The maximum atomic E-state index is 11.2. The van der Waals surface area contributed by atoms with Crippen LogP contribution in [-0.4, -0.2) is 27.5 Å². The lowest BCUT2D eigenvalue weighted by Gasteiger charge is -2.31. The Bertz CT molecular complexity index is 240. The van der Waals surface area contributed by atoms with Crippen LogP contribution in [0.3, 0.4) is 0 Å². The molecule has 0 rings (SSSR count). The molecule has 5 nitrogen and oxygen atoms in total. The molecule has 0 heterocycles. The Morgan fingerprint density at radius 3 is 2.00 bits per heavy atom. The molecule has 0 unspecified atom stereocenters. The molecule has 0 aliphatic rings. The second kappa shape index (κ2) is 4.91. The molecule has 0 radical (unpaired) electrons. The number of esters is 1. The van der Waals surface area contributed by atoms with E-state index in [0.29, 0.717) is 0 Å². The van der Waals surface area contributed by atoms with Crippen molar-refractivity contribution in [3.8, 4) is 0 Å². The summed E-state index contributed by atoms with van der Waals surface area (Å²) in [5.41, 5.74) is 0. The van der Waals surface area contributed by atoms with Gasteiger partial charge in [0.25, 0.3) is 0 Å². The highest BCUT2D eigenvalue weighted by atomic mass is 31.2. The molecule has 6 heteroatoms. The van der Waals surface area contributed by atoms with Crippen molar-refractivity contribution in [1.82, 2.24) is 0 Å². The summed E-state index contributed by atoms with van der Waals surface area (Å²) in [6.45, 7) is 4.34. The van der Waals surface area contributed by atoms with Crippen molar-refractivity contribution >= 4 is 13.6 Å². The van der Waals surface area contributed by atoms with Gasteiger partial charge < -0.3 is 14.5 Å². The van der Waals surface area contributed by atoms with E-state index in [9.17, 15) is 9.36 Å². The van der Waals surface area contributed by atoms with Crippen LogP contribution in [0, 0.1) is 0 Å². The van der Waals surface area contributed by atoms with Crippen LogP contribution >= 0.6 is 7.60 Å². The van der Waals surface area contributed by atoms with E-state index in [1.165, 1.54) is 6.92 Å². The van der Waals surface area contributed by atoms with Crippen molar-refractivity contribution in [1.29, 1.82) is 0 Å². The normalized spacial score (nSPS) is 12.6. The Labute approximate surface area is 83.6 Å². The highest BCUT2D eigenvalue weighted by Crippen LogP contribution is 2.54. The third-order valence-electron chi connectivity index (χ3n) is 2.48. The van der Waals surface area contributed by atoms with E-state index in [1.54, 1.807) is 13.8 Å². The SMILES string of the molecule is CCC(CC)(COC(C)=O)P(=O)(O)O. The molecule has 14 heavy (non-hydrogen) atoms. The molecule has 0 amide bonds. The van der Waals surface area contributed by atoms with Crippen molar-refractivity contribution < 1.29 is 23.9 Å². The number of hydrogen-bond donors (Lipinski definition) is 2. The molecule has 0 aromatic carbocycles. The van der Waals surface area contributed by atoms with E-state index in [4.69, 9.17) is 9.79 Å². The Morgan fingerprint density at radius 2 is 1.79 bits per heavy atom. The maximum Gasteiger partial charge on any atom is 0.335 e.